The van der Waals surface area contributed by atoms with Crippen LogP contribution < -0.4 is 15.2 Å². The predicted molar refractivity (Wildman–Crippen MR) is 84.6 cm³/mol. The van der Waals surface area contributed by atoms with Crippen molar-refractivity contribution >= 4 is 0 Å². The zero-order valence-electron chi connectivity index (χ0n) is 12.1. The Hall–Kier alpha value is -2.44. The molecule has 0 saturated heterocycles. The number of benzene rings is 2. The topological polar surface area (TPSA) is 44.5 Å². The lowest BCUT2D eigenvalue weighted by molar-refractivity contribution is 0.363. The summed E-state index contributed by atoms with van der Waals surface area (Å²) < 4.78 is 10.9. The molecule has 3 heteroatoms. The Bertz CT molecular complexity index is 627. The van der Waals surface area contributed by atoms with Gasteiger partial charge < -0.3 is 15.2 Å². The van der Waals surface area contributed by atoms with Crippen LogP contribution in [0.5, 0.6) is 11.5 Å². The third kappa shape index (κ3) is 4.55. The van der Waals surface area contributed by atoms with Crippen LogP contribution in [0.2, 0.25) is 0 Å². The van der Waals surface area contributed by atoms with E-state index in [1.807, 2.05) is 48.5 Å². The molecule has 0 aliphatic heterocycles. The van der Waals surface area contributed by atoms with Crippen LogP contribution in [0.25, 0.3) is 0 Å². The highest BCUT2D eigenvalue weighted by Crippen LogP contribution is 2.24. The number of hydrogen-bond acceptors (Lipinski definition) is 3. The van der Waals surface area contributed by atoms with Crippen LogP contribution in [0, 0.1) is 11.8 Å². The van der Waals surface area contributed by atoms with Gasteiger partial charge in [-0.05, 0) is 48.9 Å². The fourth-order valence-corrected chi connectivity index (χ4v) is 1.95. The SMILES string of the molecule is COc1ccc(OCC#Cc2ccccc2)c(CCN)c1. The van der Waals surface area contributed by atoms with Crippen molar-refractivity contribution in [3.05, 3.63) is 59.7 Å². The van der Waals surface area contributed by atoms with Gasteiger partial charge >= 0.3 is 0 Å². The molecule has 2 aromatic rings. The second-order valence-electron chi connectivity index (χ2n) is 4.47. The van der Waals surface area contributed by atoms with Gasteiger partial charge in [0.25, 0.3) is 0 Å². The molecule has 2 aromatic carbocycles. The van der Waals surface area contributed by atoms with Crippen LogP contribution in [0.15, 0.2) is 48.5 Å². The summed E-state index contributed by atoms with van der Waals surface area (Å²) in [7, 11) is 1.65. The van der Waals surface area contributed by atoms with Crippen molar-refractivity contribution in [1.29, 1.82) is 0 Å². The van der Waals surface area contributed by atoms with E-state index in [0.717, 1.165) is 29.0 Å². The molecule has 21 heavy (non-hydrogen) atoms. The minimum Gasteiger partial charge on any atom is -0.497 e. The highest BCUT2D eigenvalue weighted by Gasteiger charge is 2.04. The van der Waals surface area contributed by atoms with Crippen molar-refractivity contribution in [1.82, 2.24) is 0 Å². The van der Waals surface area contributed by atoms with Gasteiger partial charge in [-0.15, -0.1) is 0 Å². The Morgan fingerprint density at radius 2 is 1.90 bits per heavy atom. The minimum atomic E-state index is 0.346. The van der Waals surface area contributed by atoms with Crippen molar-refractivity contribution < 1.29 is 9.47 Å². The molecule has 0 radical (unpaired) electrons. The molecule has 0 heterocycles. The minimum absolute atomic E-state index is 0.346. The molecule has 108 valence electrons. The first-order valence-electron chi connectivity index (χ1n) is 6.87. The molecular weight excluding hydrogens is 262 g/mol. The Kier molecular flexibility index (Phi) is 5.69. The highest BCUT2D eigenvalue weighted by molar-refractivity contribution is 5.41. The van der Waals surface area contributed by atoms with Gasteiger partial charge in [-0.2, -0.15) is 0 Å². The van der Waals surface area contributed by atoms with Crippen LogP contribution in [0.1, 0.15) is 11.1 Å². The first kappa shape index (κ1) is 15.0. The summed E-state index contributed by atoms with van der Waals surface area (Å²) in [5.41, 5.74) is 7.65. The maximum absolute atomic E-state index is 5.73. The molecule has 2 rings (SSSR count). The van der Waals surface area contributed by atoms with E-state index in [1.165, 1.54) is 0 Å². The lowest BCUT2D eigenvalue weighted by atomic mass is 10.1. The van der Waals surface area contributed by atoms with Gasteiger partial charge in [-0.25, -0.2) is 0 Å². The van der Waals surface area contributed by atoms with Gasteiger partial charge in [0.15, 0.2) is 0 Å². The maximum Gasteiger partial charge on any atom is 0.149 e. The smallest absolute Gasteiger partial charge is 0.149 e. The van der Waals surface area contributed by atoms with Gasteiger partial charge in [-0.1, -0.05) is 30.0 Å². The monoisotopic (exact) mass is 281 g/mol. The van der Waals surface area contributed by atoms with E-state index in [2.05, 4.69) is 11.8 Å². The number of ether oxygens (including phenoxy) is 2. The summed E-state index contributed by atoms with van der Waals surface area (Å²) in [4.78, 5) is 0. The van der Waals surface area contributed by atoms with E-state index >= 15 is 0 Å². The van der Waals surface area contributed by atoms with E-state index < -0.39 is 0 Å². The first-order chi connectivity index (χ1) is 10.3. The van der Waals surface area contributed by atoms with Crippen molar-refractivity contribution in [3.8, 4) is 23.3 Å². The molecule has 0 unspecified atom stereocenters. The molecule has 0 aliphatic carbocycles. The number of hydrogen-bond donors (Lipinski definition) is 1. The second-order valence-corrected chi connectivity index (χ2v) is 4.47. The van der Waals surface area contributed by atoms with E-state index in [-0.39, 0.29) is 0 Å². The first-order valence-corrected chi connectivity index (χ1v) is 6.87. The third-order valence-corrected chi connectivity index (χ3v) is 2.99. The molecule has 0 aliphatic rings. The average Bonchev–Trinajstić information content (AvgIpc) is 2.54. The zero-order valence-corrected chi connectivity index (χ0v) is 12.1. The molecule has 0 bridgehead atoms. The Morgan fingerprint density at radius 3 is 2.62 bits per heavy atom. The third-order valence-electron chi connectivity index (χ3n) is 2.99. The normalized spacial score (nSPS) is 9.62. The van der Waals surface area contributed by atoms with E-state index in [9.17, 15) is 0 Å². The summed E-state index contributed by atoms with van der Waals surface area (Å²) in [6.07, 6.45) is 0.749. The van der Waals surface area contributed by atoms with Crippen LogP contribution >= 0.6 is 0 Å². The Labute approximate surface area is 125 Å². The van der Waals surface area contributed by atoms with E-state index in [1.54, 1.807) is 7.11 Å². The lowest BCUT2D eigenvalue weighted by Gasteiger charge is -2.10. The maximum atomic E-state index is 5.73. The molecule has 0 amide bonds. The number of rotatable bonds is 5. The predicted octanol–water partition coefficient (Wildman–Crippen LogP) is 2.63. The molecule has 0 atom stereocenters. The Morgan fingerprint density at radius 1 is 1.10 bits per heavy atom. The fraction of sp³-hybridized carbons (Fsp3) is 0.222. The zero-order chi connectivity index (χ0) is 14.9. The quantitative estimate of drug-likeness (QED) is 0.857. The van der Waals surface area contributed by atoms with Crippen LogP contribution in [0.4, 0.5) is 0 Å². The summed E-state index contributed by atoms with van der Waals surface area (Å²) in [5.74, 6) is 7.69. The molecule has 0 saturated carbocycles. The largest absolute Gasteiger partial charge is 0.497 e. The standard InChI is InChI=1S/C18H19NO2/c1-20-17-9-10-18(16(14-17)11-12-19)21-13-5-8-15-6-3-2-4-7-15/h2-4,6-7,9-10,14H,11-13,19H2,1H3. The van der Waals surface area contributed by atoms with Crippen molar-refractivity contribution in [3.63, 3.8) is 0 Å². The molecule has 2 N–H and O–H groups in total. The van der Waals surface area contributed by atoms with Gasteiger partial charge in [0.2, 0.25) is 0 Å². The van der Waals surface area contributed by atoms with Crippen molar-refractivity contribution in [2.24, 2.45) is 5.73 Å². The van der Waals surface area contributed by atoms with Gasteiger partial charge in [0.05, 0.1) is 7.11 Å². The van der Waals surface area contributed by atoms with Crippen LogP contribution in [0.3, 0.4) is 0 Å². The molecule has 0 fully saturated rings. The molecule has 0 aromatic heterocycles. The van der Waals surface area contributed by atoms with Gasteiger partial charge in [0.1, 0.15) is 18.1 Å². The summed E-state index contributed by atoms with van der Waals surface area (Å²) in [6.45, 7) is 0.915. The Balaban J connectivity index is 2.01. The van der Waals surface area contributed by atoms with Crippen molar-refractivity contribution in [2.45, 2.75) is 6.42 Å². The average molecular weight is 281 g/mol. The number of nitrogens with two attached hydrogens (primary N) is 1. The molecular formula is C18H19NO2. The van der Waals surface area contributed by atoms with E-state index in [4.69, 9.17) is 15.2 Å². The van der Waals surface area contributed by atoms with Gasteiger partial charge in [0, 0.05) is 5.56 Å². The van der Waals surface area contributed by atoms with E-state index in [0.29, 0.717) is 13.2 Å². The molecule has 0 spiro atoms. The summed E-state index contributed by atoms with van der Waals surface area (Å²) >= 11 is 0. The summed E-state index contributed by atoms with van der Waals surface area (Å²) in [6, 6.07) is 15.6. The summed E-state index contributed by atoms with van der Waals surface area (Å²) in [5, 5.41) is 0. The second kappa shape index (κ2) is 7.98. The van der Waals surface area contributed by atoms with Gasteiger partial charge in [-0.3, -0.25) is 0 Å². The van der Waals surface area contributed by atoms with Crippen LogP contribution in [-0.4, -0.2) is 20.3 Å². The van der Waals surface area contributed by atoms with Crippen molar-refractivity contribution in [2.75, 3.05) is 20.3 Å². The molecule has 3 nitrogen and oxygen atoms in total. The number of methoxy groups -OCH3 is 1. The highest BCUT2D eigenvalue weighted by atomic mass is 16.5. The fourth-order valence-electron chi connectivity index (χ4n) is 1.95. The lowest BCUT2D eigenvalue weighted by Crippen LogP contribution is -2.06. The van der Waals surface area contributed by atoms with Crippen LogP contribution in [-0.2, 0) is 6.42 Å².